The van der Waals surface area contributed by atoms with E-state index in [0.29, 0.717) is 28.8 Å². The van der Waals surface area contributed by atoms with E-state index in [1.54, 1.807) is 25.1 Å². The van der Waals surface area contributed by atoms with Gasteiger partial charge in [-0.2, -0.15) is 0 Å². The molecule has 2 rings (SSSR count). The third-order valence-corrected chi connectivity index (χ3v) is 5.80. The van der Waals surface area contributed by atoms with Gasteiger partial charge in [0, 0.05) is 29.4 Å². The van der Waals surface area contributed by atoms with Gasteiger partial charge in [-0.15, -0.1) is 11.8 Å². The Morgan fingerprint density at radius 3 is 2.40 bits per heavy atom. The third-order valence-electron chi connectivity index (χ3n) is 4.56. The Hall–Kier alpha value is -2.05. The molecule has 162 valence electrons. The standard InChI is InChI=1S/C23H28ClFN2O2S/c1-16(2)12-26-23(29)17(3)27(13-19-6-4-5-7-21(19)25)22(28)15-30-14-18-8-10-20(24)11-9-18/h4-11,16-17H,12-15H2,1-3H3,(H,26,29)/t17-/m1/s1. The van der Waals surface area contributed by atoms with E-state index in [0.717, 1.165) is 5.56 Å². The van der Waals surface area contributed by atoms with E-state index in [-0.39, 0.29) is 29.9 Å². The van der Waals surface area contributed by atoms with Crippen LogP contribution in [0.15, 0.2) is 48.5 Å². The maximum absolute atomic E-state index is 14.2. The average molecular weight is 451 g/mol. The van der Waals surface area contributed by atoms with Crippen LogP contribution in [-0.2, 0) is 21.9 Å². The van der Waals surface area contributed by atoms with Crippen LogP contribution in [0.5, 0.6) is 0 Å². The third kappa shape index (κ3) is 7.65. The van der Waals surface area contributed by atoms with Gasteiger partial charge in [-0.05, 0) is 36.6 Å². The first-order valence-corrected chi connectivity index (χ1v) is 11.4. The van der Waals surface area contributed by atoms with Crippen molar-refractivity contribution in [2.75, 3.05) is 12.3 Å². The smallest absolute Gasteiger partial charge is 0.242 e. The molecule has 0 bridgehead atoms. The number of nitrogens with zero attached hydrogens (tertiary/aromatic N) is 1. The molecule has 0 saturated heterocycles. The molecule has 0 saturated carbocycles. The van der Waals surface area contributed by atoms with E-state index in [1.807, 2.05) is 38.1 Å². The van der Waals surface area contributed by atoms with Crippen molar-refractivity contribution in [3.8, 4) is 0 Å². The van der Waals surface area contributed by atoms with Gasteiger partial charge in [-0.25, -0.2) is 4.39 Å². The summed E-state index contributed by atoms with van der Waals surface area (Å²) >= 11 is 7.35. The summed E-state index contributed by atoms with van der Waals surface area (Å²) in [6.45, 7) is 6.25. The molecule has 0 aliphatic rings. The molecular weight excluding hydrogens is 423 g/mol. The Morgan fingerprint density at radius 1 is 1.10 bits per heavy atom. The van der Waals surface area contributed by atoms with E-state index in [9.17, 15) is 14.0 Å². The first-order valence-electron chi connectivity index (χ1n) is 9.90. The second-order valence-electron chi connectivity index (χ2n) is 7.55. The Bertz CT molecular complexity index is 845. The lowest BCUT2D eigenvalue weighted by atomic mass is 10.1. The van der Waals surface area contributed by atoms with Crippen LogP contribution in [0.25, 0.3) is 0 Å². The first-order chi connectivity index (χ1) is 14.3. The number of hydrogen-bond donors (Lipinski definition) is 1. The van der Waals surface area contributed by atoms with Gasteiger partial charge >= 0.3 is 0 Å². The highest BCUT2D eigenvalue weighted by molar-refractivity contribution is 7.99. The molecule has 0 fully saturated rings. The normalized spacial score (nSPS) is 11.9. The van der Waals surface area contributed by atoms with Crippen molar-refractivity contribution in [2.45, 2.75) is 39.1 Å². The molecule has 30 heavy (non-hydrogen) atoms. The van der Waals surface area contributed by atoms with Crippen LogP contribution in [0.3, 0.4) is 0 Å². The summed E-state index contributed by atoms with van der Waals surface area (Å²) in [5.74, 6) is 0.301. The highest BCUT2D eigenvalue weighted by Crippen LogP contribution is 2.18. The van der Waals surface area contributed by atoms with Crippen LogP contribution in [-0.4, -0.2) is 35.1 Å². The van der Waals surface area contributed by atoms with Crippen molar-refractivity contribution in [2.24, 2.45) is 5.92 Å². The zero-order chi connectivity index (χ0) is 22.1. The lowest BCUT2D eigenvalue weighted by Gasteiger charge is -2.29. The highest BCUT2D eigenvalue weighted by Gasteiger charge is 2.26. The van der Waals surface area contributed by atoms with Crippen LogP contribution < -0.4 is 5.32 Å². The van der Waals surface area contributed by atoms with Crippen molar-refractivity contribution >= 4 is 35.2 Å². The number of rotatable bonds is 10. The van der Waals surface area contributed by atoms with Gasteiger partial charge in [-0.3, -0.25) is 9.59 Å². The largest absolute Gasteiger partial charge is 0.354 e. The molecule has 1 N–H and O–H groups in total. The number of benzene rings is 2. The summed E-state index contributed by atoms with van der Waals surface area (Å²) in [5.41, 5.74) is 1.44. The minimum Gasteiger partial charge on any atom is -0.354 e. The van der Waals surface area contributed by atoms with Crippen LogP contribution >= 0.6 is 23.4 Å². The van der Waals surface area contributed by atoms with Crippen LogP contribution in [0.1, 0.15) is 31.9 Å². The first kappa shape index (κ1) is 24.2. The fourth-order valence-electron chi connectivity index (χ4n) is 2.76. The van der Waals surface area contributed by atoms with Crippen LogP contribution in [0, 0.1) is 11.7 Å². The number of carbonyl (C=O) groups excluding carboxylic acids is 2. The molecule has 1 atom stereocenters. The molecule has 0 aliphatic heterocycles. The van der Waals surface area contributed by atoms with Gasteiger partial charge in [-0.1, -0.05) is 55.8 Å². The Balaban J connectivity index is 2.06. The van der Waals surface area contributed by atoms with Gasteiger partial charge < -0.3 is 10.2 Å². The molecule has 0 spiro atoms. The van der Waals surface area contributed by atoms with Gasteiger partial charge in [0.2, 0.25) is 11.8 Å². The van der Waals surface area contributed by atoms with Crippen LogP contribution in [0.4, 0.5) is 4.39 Å². The summed E-state index contributed by atoms with van der Waals surface area (Å²) < 4.78 is 14.2. The fourth-order valence-corrected chi connectivity index (χ4v) is 3.76. The predicted octanol–water partition coefficient (Wildman–Crippen LogP) is 4.90. The number of thioether (sulfide) groups is 1. The summed E-state index contributed by atoms with van der Waals surface area (Å²) in [5, 5.41) is 3.52. The number of halogens is 2. The minimum absolute atomic E-state index is 0.0449. The lowest BCUT2D eigenvalue weighted by Crippen LogP contribution is -2.48. The summed E-state index contributed by atoms with van der Waals surface area (Å²) in [6, 6.07) is 13.1. The highest BCUT2D eigenvalue weighted by atomic mass is 35.5. The van der Waals surface area contributed by atoms with Crippen molar-refractivity contribution in [1.29, 1.82) is 0 Å². The molecule has 2 aromatic rings. The number of hydrogen-bond acceptors (Lipinski definition) is 3. The lowest BCUT2D eigenvalue weighted by molar-refractivity contribution is -0.138. The zero-order valence-electron chi connectivity index (χ0n) is 17.5. The van der Waals surface area contributed by atoms with E-state index in [2.05, 4.69) is 5.32 Å². The Kier molecular flexibility index (Phi) is 9.66. The second-order valence-corrected chi connectivity index (χ2v) is 8.97. The van der Waals surface area contributed by atoms with Crippen molar-refractivity contribution in [1.82, 2.24) is 10.2 Å². The second kappa shape index (κ2) is 12.0. The van der Waals surface area contributed by atoms with E-state index in [1.165, 1.54) is 22.7 Å². The molecular formula is C23H28ClFN2O2S. The topological polar surface area (TPSA) is 49.4 Å². The molecule has 0 unspecified atom stereocenters. The monoisotopic (exact) mass is 450 g/mol. The number of nitrogens with one attached hydrogen (secondary N) is 1. The summed E-state index contributed by atoms with van der Waals surface area (Å²) in [6.07, 6.45) is 0. The van der Waals surface area contributed by atoms with E-state index >= 15 is 0 Å². The molecule has 0 heterocycles. The van der Waals surface area contributed by atoms with E-state index in [4.69, 9.17) is 11.6 Å². The fraction of sp³-hybridized carbons (Fsp3) is 0.391. The van der Waals surface area contributed by atoms with Gasteiger partial charge in [0.25, 0.3) is 0 Å². The molecule has 0 aliphatic carbocycles. The minimum atomic E-state index is -0.702. The average Bonchev–Trinajstić information content (AvgIpc) is 2.72. The SMILES string of the molecule is CC(C)CNC(=O)[C@@H](C)N(Cc1ccccc1F)C(=O)CSCc1ccc(Cl)cc1. The molecule has 2 aromatic carbocycles. The predicted molar refractivity (Wildman–Crippen MR) is 122 cm³/mol. The van der Waals surface area contributed by atoms with Crippen molar-refractivity contribution < 1.29 is 14.0 Å². The van der Waals surface area contributed by atoms with E-state index < -0.39 is 6.04 Å². The number of carbonyl (C=O) groups is 2. The van der Waals surface area contributed by atoms with Crippen molar-refractivity contribution in [3.63, 3.8) is 0 Å². The van der Waals surface area contributed by atoms with Gasteiger partial charge in [0.15, 0.2) is 0 Å². The summed E-state index contributed by atoms with van der Waals surface area (Å²) in [4.78, 5) is 27.0. The number of amides is 2. The molecule has 4 nitrogen and oxygen atoms in total. The molecule has 7 heteroatoms. The van der Waals surface area contributed by atoms with Gasteiger partial charge in [0.05, 0.1) is 5.75 Å². The molecule has 0 radical (unpaired) electrons. The molecule has 0 aromatic heterocycles. The Labute approximate surface area is 187 Å². The zero-order valence-corrected chi connectivity index (χ0v) is 19.1. The van der Waals surface area contributed by atoms with Gasteiger partial charge in [0.1, 0.15) is 11.9 Å². The summed E-state index contributed by atoms with van der Waals surface area (Å²) in [7, 11) is 0. The quantitative estimate of drug-likeness (QED) is 0.560. The van der Waals surface area contributed by atoms with Crippen molar-refractivity contribution in [3.05, 3.63) is 70.5 Å². The molecule has 2 amide bonds. The maximum atomic E-state index is 14.2. The Morgan fingerprint density at radius 2 is 1.77 bits per heavy atom. The maximum Gasteiger partial charge on any atom is 0.242 e. The van der Waals surface area contributed by atoms with Crippen LogP contribution in [0.2, 0.25) is 5.02 Å².